The molecule has 7 heteroatoms. The predicted molar refractivity (Wildman–Crippen MR) is 79.4 cm³/mol. The Bertz CT molecular complexity index is 794. The lowest BCUT2D eigenvalue weighted by molar-refractivity contribution is 0.111. The number of rotatable bonds is 2. The molecule has 19 heavy (non-hydrogen) atoms. The number of fused-ring (bicyclic) bond motifs is 1. The molecule has 0 amide bonds. The van der Waals surface area contributed by atoms with Crippen LogP contribution in [0.2, 0.25) is 15.1 Å². The van der Waals surface area contributed by atoms with Gasteiger partial charge in [-0.3, -0.25) is 9.36 Å². The van der Waals surface area contributed by atoms with Gasteiger partial charge in [0.05, 0.1) is 25.5 Å². The molecule has 3 nitrogen and oxygen atoms in total. The van der Waals surface area contributed by atoms with Gasteiger partial charge in [0, 0.05) is 6.20 Å². The van der Waals surface area contributed by atoms with Gasteiger partial charge in [-0.25, -0.2) is 4.98 Å². The van der Waals surface area contributed by atoms with Crippen LogP contribution in [0.25, 0.3) is 15.3 Å². The number of thiazole rings is 1. The number of halogens is 3. The highest BCUT2D eigenvalue weighted by atomic mass is 35.5. The number of nitrogens with zero attached hydrogens (tertiary/aromatic N) is 2. The van der Waals surface area contributed by atoms with Crippen molar-refractivity contribution in [3.63, 3.8) is 0 Å². The Morgan fingerprint density at radius 3 is 2.79 bits per heavy atom. The Morgan fingerprint density at radius 2 is 2.05 bits per heavy atom. The molecular weight excluding hydrogens is 327 g/mol. The van der Waals surface area contributed by atoms with E-state index in [1.54, 1.807) is 29.0 Å². The summed E-state index contributed by atoms with van der Waals surface area (Å²) in [4.78, 5) is 15.4. The van der Waals surface area contributed by atoms with Gasteiger partial charge in [0.2, 0.25) is 0 Å². The third-order valence-electron chi connectivity index (χ3n) is 2.61. The summed E-state index contributed by atoms with van der Waals surface area (Å²) < 4.78 is 2.43. The fourth-order valence-electron chi connectivity index (χ4n) is 1.74. The van der Waals surface area contributed by atoms with Gasteiger partial charge in [-0.05, 0) is 18.2 Å². The van der Waals surface area contributed by atoms with Crippen molar-refractivity contribution in [2.24, 2.45) is 0 Å². The summed E-state index contributed by atoms with van der Waals surface area (Å²) in [5.41, 5.74) is 1.06. The summed E-state index contributed by atoms with van der Waals surface area (Å²) in [7, 11) is 0. The minimum Gasteiger partial charge on any atom is -0.296 e. The zero-order valence-corrected chi connectivity index (χ0v) is 12.3. The largest absolute Gasteiger partial charge is 0.296 e. The van der Waals surface area contributed by atoms with Crippen molar-refractivity contribution in [1.82, 2.24) is 9.55 Å². The summed E-state index contributed by atoms with van der Waals surface area (Å²) in [5, 5.41) is 1.84. The smallest absolute Gasteiger partial charge is 0.195 e. The van der Waals surface area contributed by atoms with Gasteiger partial charge in [-0.2, -0.15) is 0 Å². The van der Waals surface area contributed by atoms with Gasteiger partial charge in [0.15, 0.2) is 11.4 Å². The van der Waals surface area contributed by atoms with Crippen LogP contribution in [0.4, 0.5) is 0 Å². The number of aldehydes is 1. The zero-order chi connectivity index (χ0) is 13.6. The molecule has 1 aromatic carbocycles. The summed E-state index contributed by atoms with van der Waals surface area (Å²) >= 11 is 19.6. The van der Waals surface area contributed by atoms with Crippen LogP contribution in [0.15, 0.2) is 24.4 Å². The minimum absolute atomic E-state index is 0.360. The standard InChI is InChI=1S/C12H5Cl3N2OS/c13-7-4-8(14)11-10(9(7)15)16-12(19-11)17-3-1-2-6(17)5-18/h1-5H. The molecule has 2 aromatic heterocycles. The number of carbonyl (C=O) groups is 1. The topological polar surface area (TPSA) is 34.9 Å². The van der Waals surface area contributed by atoms with E-state index in [0.717, 1.165) is 11.0 Å². The average molecular weight is 332 g/mol. The third-order valence-corrected chi connectivity index (χ3v) is 4.89. The summed E-state index contributed by atoms with van der Waals surface area (Å²) in [5.74, 6) is 0. The van der Waals surface area contributed by atoms with E-state index in [9.17, 15) is 4.79 Å². The molecule has 0 aliphatic carbocycles. The molecule has 0 unspecified atom stereocenters. The first kappa shape index (κ1) is 12.9. The lowest BCUT2D eigenvalue weighted by atomic mass is 10.3. The van der Waals surface area contributed by atoms with Crippen LogP contribution in [-0.2, 0) is 0 Å². The van der Waals surface area contributed by atoms with Gasteiger partial charge < -0.3 is 0 Å². The quantitative estimate of drug-likeness (QED) is 0.496. The second kappa shape index (κ2) is 4.80. The maximum Gasteiger partial charge on any atom is 0.195 e. The van der Waals surface area contributed by atoms with Crippen molar-refractivity contribution in [2.45, 2.75) is 0 Å². The van der Waals surface area contributed by atoms with Gasteiger partial charge in [-0.15, -0.1) is 0 Å². The Hall–Kier alpha value is -1.07. The van der Waals surface area contributed by atoms with Crippen LogP contribution in [0.5, 0.6) is 0 Å². The second-order valence-electron chi connectivity index (χ2n) is 3.75. The van der Waals surface area contributed by atoms with E-state index in [1.165, 1.54) is 11.3 Å². The van der Waals surface area contributed by atoms with Crippen molar-refractivity contribution in [2.75, 3.05) is 0 Å². The monoisotopic (exact) mass is 330 g/mol. The molecule has 0 saturated carbocycles. The molecule has 3 rings (SSSR count). The maximum atomic E-state index is 10.9. The molecule has 0 N–H and O–H groups in total. The van der Waals surface area contributed by atoms with Crippen LogP contribution >= 0.6 is 46.1 Å². The molecule has 0 spiro atoms. The lowest BCUT2D eigenvalue weighted by Gasteiger charge is -1.98. The molecule has 0 fully saturated rings. The Labute approximate surface area is 127 Å². The van der Waals surface area contributed by atoms with Crippen molar-refractivity contribution < 1.29 is 4.79 Å². The Morgan fingerprint density at radius 1 is 1.26 bits per heavy atom. The molecule has 3 aromatic rings. The van der Waals surface area contributed by atoms with E-state index in [0.29, 0.717) is 31.4 Å². The normalized spacial score (nSPS) is 11.1. The van der Waals surface area contributed by atoms with Crippen LogP contribution in [0.1, 0.15) is 10.5 Å². The molecule has 0 aliphatic heterocycles. The van der Waals surface area contributed by atoms with Crippen LogP contribution in [-0.4, -0.2) is 15.8 Å². The van der Waals surface area contributed by atoms with E-state index in [-0.39, 0.29) is 0 Å². The van der Waals surface area contributed by atoms with E-state index in [2.05, 4.69) is 4.98 Å². The molecule has 0 saturated heterocycles. The first-order valence-corrected chi connectivity index (χ1v) is 7.14. The van der Waals surface area contributed by atoms with E-state index >= 15 is 0 Å². The van der Waals surface area contributed by atoms with E-state index < -0.39 is 0 Å². The van der Waals surface area contributed by atoms with Crippen LogP contribution in [0.3, 0.4) is 0 Å². The van der Waals surface area contributed by atoms with E-state index in [1.807, 2.05) is 0 Å². The van der Waals surface area contributed by atoms with Crippen molar-refractivity contribution >= 4 is 62.6 Å². The van der Waals surface area contributed by atoms with Crippen LogP contribution < -0.4 is 0 Å². The number of aromatic nitrogens is 2. The van der Waals surface area contributed by atoms with E-state index in [4.69, 9.17) is 34.8 Å². The lowest BCUT2D eigenvalue weighted by Crippen LogP contribution is -1.95. The summed E-state index contributed by atoms with van der Waals surface area (Å²) in [6.45, 7) is 0. The SMILES string of the molecule is O=Cc1cccn1-c1nc2c(Cl)c(Cl)cc(Cl)c2s1. The molecule has 2 heterocycles. The minimum atomic E-state index is 0.360. The second-order valence-corrected chi connectivity index (χ2v) is 5.92. The highest BCUT2D eigenvalue weighted by Gasteiger charge is 2.15. The number of benzene rings is 1. The summed E-state index contributed by atoms with van der Waals surface area (Å²) in [6, 6.07) is 5.06. The fraction of sp³-hybridized carbons (Fsp3) is 0. The molecular formula is C12H5Cl3N2OS. The zero-order valence-electron chi connectivity index (χ0n) is 9.23. The Kier molecular flexibility index (Phi) is 3.27. The molecule has 0 aliphatic rings. The first-order valence-electron chi connectivity index (χ1n) is 5.18. The van der Waals surface area contributed by atoms with Crippen molar-refractivity contribution in [3.8, 4) is 5.13 Å². The van der Waals surface area contributed by atoms with Gasteiger partial charge in [0.25, 0.3) is 0 Å². The highest BCUT2D eigenvalue weighted by Crippen LogP contribution is 2.39. The van der Waals surface area contributed by atoms with Gasteiger partial charge in [-0.1, -0.05) is 46.1 Å². The van der Waals surface area contributed by atoms with Gasteiger partial charge >= 0.3 is 0 Å². The molecule has 0 bridgehead atoms. The number of hydrogen-bond donors (Lipinski definition) is 0. The van der Waals surface area contributed by atoms with Crippen molar-refractivity contribution in [1.29, 1.82) is 0 Å². The number of carbonyl (C=O) groups excluding carboxylic acids is 1. The first-order chi connectivity index (χ1) is 9.11. The predicted octanol–water partition coefficient (Wildman–Crippen LogP) is 4.86. The van der Waals surface area contributed by atoms with Crippen molar-refractivity contribution in [3.05, 3.63) is 45.2 Å². The fourth-order valence-corrected chi connectivity index (χ4v) is 3.54. The van der Waals surface area contributed by atoms with Gasteiger partial charge in [0.1, 0.15) is 5.52 Å². The Balaban J connectivity index is 2.31. The highest BCUT2D eigenvalue weighted by molar-refractivity contribution is 7.21. The average Bonchev–Trinajstić information content (AvgIpc) is 3.01. The third kappa shape index (κ3) is 2.05. The molecule has 0 radical (unpaired) electrons. The summed E-state index contributed by atoms with van der Waals surface area (Å²) in [6.07, 6.45) is 2.52. The maximum absolute atomic E-state index is 10.9. The number of hydrogen-bond acceptors (Lipinski definition) is 3. The molecule has 96 valence electrons. The van der Waals surface area contributed by atoms with Crippen LogP contribution in [0, 0.1) is 0 Å². The molecule has 0 atom stereocenters.